The molecule has 0 fully saturated rings. The van der Waals surface area contributed by atoms with E-state index in [1.165, 1.54) is 11.1 Å². The van der Waals surface area contributed by atoms with Gasteiger partial charge >= 0.3 is 0 Å². The van der Waals surface area contributed by atoms with E-state index in [1.54, 1.807) is 0 Å². The van der Waals surface area contributed by atoms with Crippen molar-refractivity contribution in [3.05, 3.63) is 35.4 Å². The van der Waals surface area contributed by atoms with Gasteiger partial charge in [0.2, 0.25) is 5.91 Å². The number of carbonyl (C=O) groups is 1. The molecule has 16 heavy (non-hydrogen) atoms. The van der Waals surface area contributed by atoms with Gasteiger partial charge in [-0.1, -0.05) is 24.3 Å². The Bertz CT molecular complexity index is 378. The summed E-state index contributed by atoms with van der Waals surface area (Å²) in [6, 6.07) is 8.53. The minimum absolute atomic E-state index is 0.0525. The number of hydrogen-bond donors (Lipinski definition) is 1. The highest BCUT2D eigenvalue weighted by Gasteiger charge is 2.20. The molecule has 0 saturated heterocycles. The first kappa shape index (κ1) is 11.5. The van der Waals surface area contributed by atoms with Gasteiger partial charge in [0.05, 0.1) is 6.04 Å². The van der Waals surface area contributed by atoms with Gasteiger partial charge in [-0.3, -0.25) is 4.79 Å². The zero-order valence-corrected chi connectivity index (χ0v) is 9.96. The molecule has 1 unspecified atom stereocenters. The standard InChI is InChI=1S/C13H16ClNO/c14-9-8-13(16)15-12-7-3-5-10-4-1-2-6-11(10)12/h1-2,4,6,12H,3,5,7-9H2,(H,15,16). The Morgan fingerprint density at radius 3 is 3.06 bits per heavy atom. The van der Waals surface area contributed by atoms with Crippen LogP contribution in [0.1, 0.15) is 36.4 Å². The van der Waals surface area contributed by atoms with Gasteiger partial charge in [0.25, 0.3) is 0 Å². The van der Waals surface area contributed by atoms with Gasteiger partial charge in [-0.15, -0.1) is 11.6 Å². The van der Waals surface area contributed by atoms with Gasteiger partial charge in [-0.05, 0) is 30.4 Å². The number of fused-ring (bicyclic) bond motifs is 1. The van der Waals surface area contributed by atoms with Crippen molar-refractivity contribution in [3.63, 3.8) is 0 Å². The number of nitrogens with one attached hydrogen (secondary N) is 1. The maximum absolute atomic E-state index is 11.5. The summed E-state index contributed by atoms with van der Waals surface area (Å²) in [6.07, 6.45) is 3.70. The quantitative estimate of drug-likeness (QED) is 0.805. The lowest BCUT2D eigenvalue weighted by atomic mass is 9.88. The Morgan fingerprint density at radius 2 is 2.25 bits per heavy atom. The van der Waals surface area contributed by atoms with Gasteiger partial charge in [0, 0.05) is 12.3 Å². The minimum Gasteiger partial charge on any atom is -0.349 e. The first-order chi connectivity index (χ1) is 7.81. The molecule has 1 amide bonds. The van der Waals surface area contributed by atoms with Crippen LogP contribution in [0.2, 0.25) is 0 Å². The van der Waals surface area contributed by atoms with Crippen molar-refractivity contribution in [2.24, 2.45) is 0 Å². The highest BCUT2D eigenvalue weighted by molar-refractivity contribution is 6.18. The molecule has 3 heteroatoms. The van der Waals surface area contributed by atoms with Crippen LogP contribution in [-0.4, -0.2) is 11.8 Å². The van der Waals surface area contributed by atoms with E-state index in [0.717, 1.165) is 19.3 Å². The van der Waals surface area contributed by atoms with Crippen LogP contribution in [0.15, 0.2) is 24.3 Å². The minimum atomic E-state index is 0.0525. The molecule has 1 N–H and O–H groups in total. The monoisotopic (exact) mass is 237 g/mol. The molecule has 0 aromatic heterocycles. The van der Waals surface area contributed by atoms with Crippen LogP contribution in [0.4, 0.5) is 0 Å². The fraction of sp³-hybridized carbons (Fsp3) is 0.462. The van der Waals surface area contributed by atoms with Crippen molar-refractivity contribution in [3.8, 4) is 0 Å². The zero-order valence-electron chi connectivity index (χ0n) is 9.21. The summed E-state index contributed by atoms with van der Waals surface area (Å²) in [5.41, 5.74) is 2.64. The second-order valence-corrected chi connectivity index (χ2v) is 4.53. The molecule has 0 heterocycles. The molecule has 1 atom stereocenters. The van der Waals surface area contributed by atoms with E-state index >= 15 is 0 Å². The first-order valence-corrected chi connectivity index (χ1v) is 6.28. The smallest absolute Gasteiger partial charge is 0.221 e. The van der Waals surface area contributed by atoms with E-state index in [4.69, 9.17) is 11.6 Å². The highest BCUT2D eigenvalue weighted by Crippen LogP contribution is 2.29. The van der Waals surface area contributed by atoms with Gasteiger partial charge in [0.1, 0.15) is 0 Å². The molecule has 1 aliphatic carbocycles. The summed E-state index contributed by atoms with van der Waals surface area (Å²) in [5, 5.41) is 3.05. The maximum Gasteiger partial charge on any atom is 0.221 e. The number of carbonyl (C=O) groups excluding carboxylic acids is 1. The van der Waals surface area contributed by atoms with E-state index in [-0.39, 0.29) is 11.9 Å². The van der Waals surface area contributed by atoms with Crippen molar-refractivity contribution < 1.29 is 4.79 Å². The normalized spacial score (nSPS) is 18.9. The number of benzene rings is 1. The molecule has 0 aliphatic heterocycles. The Kier molecular flexibility index (Phi) is 3.83. The van der Waals surface area contributed by atoms with E-state index in [9.17, 15) is 4.79 Å². The molecule has 0 radical (unpaired) electrons. The summed E-state index contributed by atoms with van der Waals surface area (Å²) in [5.74, 6) is 0.442. The van der Waals surface area contributed by atoms with Crippen LogP contribution in [0, 0.1) is 0 Å². The number of aryl methyl sites for hydroxylation is 1. The summed E-state index contributed by atoms with van der Waals surface area (Å²) >= 11 is 5.55. The predicted molar refractivity (Wildman–Crippen MR) is 65.6 cm³/mol. The summed E-state index contributed by atoms with van der Waals surface area (Å²) in [6.45, 7) is 0. The van der Waals surface area contributed by atoms with Crippen molar-refractivity contribution >= 4 is 17.5 Å². The van der Waals surface area contributed by atoms with Crippen molar-refractivity contribution in [2.75, 3.05) is 5.88 Å². The lowest BCUT2D eigenvalue weighted by Gasteiger charge is -2.26. The molecule has 0 spiro atoms. The van der Waals surface area contributed by atoms with Gasteiger partial charge < -0.3 is 5.32 Å². The van der Waals surface area contributed by atoms with Crippen molar-refractivity contribution in [1.82, 2.24) is 5.32 Å². The lowest BCUT2D eigenvalue weighted by molar-refractivity contribution is -0.121. The average Bonchev–Trinajstić information content (AvgIpc) is 2.30. The van der Waals surface area contributed by atoms with Crippen molar-refractivity contribution in [1.29, 1.82) is 0 Å². The number of alkyl halides is 1. The van der Waals surface area contributed by atoms with Crippen LogP contribution < -0.4 is 5.32 Å². The molecule has 1 aromatic carbocycles. The molecule has 2 nitrogen and oxygen atoms in total. The molecule has 86 valence electrons. The average molecular weight is 238 g/mol. The number of hydrogen-bond acceptors (Lipinski definition) is 1. The van der Waals surface area contributed by atoms with E-state index < -0.39 is 0 Å². The molecule has 1 aromatic rings. The first-order valence-electron chi connectivity index (χ1n) is 5.74. The molecular weight excluding hydrogens is 222 g/mol. The lowest BCUT2D eigenvalue weighted by Crippen LogP contribution is -2.30. The van der Waals surface area contributed by atoms with E-state index in [0.29, 0.717) is 12.3 Å². The Hall–Kier alpha value is -1.02. The van der Waals surface area contributed by atoms with E-state index in [1.807, 2.05) is 6.07 Å². The molecule has 1 aliphatic rings. The fourth-order valence-corrected chi connectivity index (χ4v) is 2.43. The number of rotatable bonds is 3. The molecule has 0 saturated carbocycles. The highest BCUT2D eigenvalue weighted by atomic mass is 35.5. The van der Waals surface area contributed by atoms with Crippen LogP contribution in [0.3, 0.4) is 0 Å². The zero-order chi connectivity index (χ0) is 11.4. The molecule has 0 bridgehead atoms. The SMILES string of the molecule is O=C(CCCl)NC1CCCc2ccccc21. The topological polar surface area (TPSA) is 29.1 Å². The number of halogens is 1. The van der Waals surface area contributed by atoms with Crippen LogP contribution in [-0.2, 0) is 11.2 Å². The Morgan fingerprint density at radius 1 is 1.44 bits per heavy atom. The van der Waals surface area contributed by atoms with E-state index in [2.05, 4.69) is 23.5 Å². The van der Waals surface area contributed by atoms with Gasteiger partial charge in [-0.2, -0.15) is 0 Å². The second-order valence-electron chi connectivity index (χ2n) is 4.15. The fourth-order valence-electron chi connectivity index (χ4n) is 2.26. The Balaban J connectivity index is 2.10. The van der Waals surface area contributed by atoms with Crippen LogP contribution in [0.25, 0.3) is 0 Å². The molecule has 2 rings (SSSR count). The van der Waals surface area contributed by atoms with Gasteiger partial charge in [0.15, 0.2) is 0 Å². The largest absolute Gasteiger partial charge is 0.349 e. The third-order valence-electron chi connectivity index (χ3n) is 3.03. The summed E-state index contributed by atoms with van der Waals surface area (Å²) in [7, 11) is 0. The maximum atomic E-state index is 11.5. The van der Waals surface area contributed by atoms with Crippen LogP contribution in [0.5, 0.6) is 0 Å². The number of amides is 1. The van der Waals surface area contributed by atoms with Crippen molar-refractivity contribution in [2.45, 2.75) is 31.7 Å². The van der Waals surface area contributed by atoms with Crippen LogP contribution >= 0.6 is 11.6 Å². The Labute approximate surface area is 101 Å². The van der Waals surface area contributed by atoms with Gasteiger partial charge in [-0.25, -0.2) is 0 Å². The summed E-state index contributed by atoms with van der Waals surface area (Å²) < 4.78 is 0. The predicted octanol–water partition coefficient (Wildman–Crippen LogP) is 2.81. The summed E-state index contributed by atoms with van der Waals surface area (Å²) in [4.78, 5) is 11.5. The molecular formula is C13H16ClNO. The second kappa shape index (κ2) is 5.35. The third kappa shape index (κ3) is 2.56. The third-order valence-corrected chi connectivity index (χ3v) is 3.22.